The number of nitrogens with zero attached hydrogens (tertiary/aromatic N) is 1. The highest BCUT2D eigenvalue weighted by atomic mass is 19.1. The fraction of sp³-hybridized carbons (Fsp3) is 0.212. The van der Waals surface area contributed by atoms with E-state index in [0.717, 1.165) is 11.1 Å². The first-order valence-electron chi connectivity index (χ1n) is 13.3. The van der Waals surface area contributed by atoms with Gasteiger partial charge in [0, 0.05) is 19.5 Å². The highest BCUT2D eigenvalue weighted by Crippen LogP contribution is 2.23. The van der Waals surface area contributed by atoms with Crippen LogP contribution in [0.25, 0.3) is 0 Å². The van der Waals surface area contributed by atoms with Crippen molar-refractivity contribution in [1.29, 1.82) is 0 Å². The van der Waals surface area contributed by atoms with Crippen LogP contribution in [0.2, 0.25) is 0 Å². The number of benzene rings is 4. The average Bonchev–Trinajstić information content (AvgIpc) is 3.37. The zero-order valence-corrected chi connectivity index (χ0v) is 22.1. The molecule has 1 amide bonds. The Morgan fingerprint density at radius 1 is 0.775 bits per heavy atom. The fourth-order valence-corrected chi connectivity index (χ4v) is 4.68. The Labute approximate surface area is 233 Å². The SMILES string of the molecule is O=C(CN1Cc2ccccc2C1)N[C@@H](COCc1ccccc1)C(=O)Cc1ccc(Oc2ccc(F)cc2)cc1. The lowest BCUT2D eigenvalue weighted by atomic mass is 10.0. The van der Waals surface area contributed by atoms with Gasteiger partial charge in [0.1, 0.15) is 23.4 Å². The lowest BCUT2D eigenvalue weighted by Gasteiger charge is -2.21. The number of hydrogen-bond acceptors (Lipinski definition) is 5. The van der Waals surface area contributed by atoms with Crippen LogP contribution in [0.4, 0.5) is 4.39 Å². The van der Waals surface area contributed by atoms with E-state index in [1.807, 2.05) is 54.6 Å². The van der Waals surface area contributed by atoms with E-state index in [1.54, 1.807) is 24.3 Å². The molecule has 0 aromatic heterocycles. The van der Waals surface area contributed by atoms with Crippen molar-refractivity contribution in [3.8, 4) is 11.5 Å². The summed E-state index contributed by atoms with van der Waals surface area (Å²) in [6, 6.07) is 30.0. The Bertz CT molecular complexity index is 1400. The summed E-state index contributed by atoms with van der Waals surface area (Å²) in [5.74, 6) is 0.409. The van der Waals surface area contributed by atoms with Crippen molar-refractivity contribution in [2.45, 2.75) is 32.2 Å². The van der Waals surface area contributed by atoms with Crippen LogP contribution in [0.5, 0.6) is 11.5 Å². The summed E-state index contributed by atoms with van der Waals surface area (Å²) in [6.07, 6.45) is 0.131. The zero-order valence-electron chi connectivity index (χ0n) is 22.1. The van der Waals surface area contributed by atoms with Gasteiger partial charge in [0.25, 0.3) is 0 Å². The van der Waals surface area contributed by atoms with Gasteiger partial charge in [-0.2, -0.15) is 0 Å². The van der Waals surface area contributed by atoms with Gasteiger partial charge in [0.2, 0.25) is 5.91 Å². The van der Waals surface area contributed by atoms with Crippen molar-refractivity contribution < 1.29 is 23.5 Å². The molecular formula is C33H31FN2O4. The van der Waals surface area contributed by atoms with Crippen molar-refractivity contribution in [3.05, 3.63) is 131 Å². The second-order valence-corrected chi connectivity index (χ2v) is 9.88. The van der Waals surface area contributed by atoms with Crippen LogP contribution in [-0.4, -0.2) is 35.8 Å². The topological polar surface area (TPSA) is 67.9 Å². The van der Waals surface area contributed by atoms with Crippen LogP contribution in [0.3, 0.4) is 0 Å². The number of carbonyl (C=O) groups is 2. The molecule has 1 N–H and O–H groups in total. The maximum atomic E-state index is 13.3. The van der Waals surface area contributed by atoms with Gasteiger partial charge in [0.05, 0.1) is 19.8 Å². The van der Waals surface area contributed by atoms with Crippen LogP contribution >= 0.6 is 0 Å². The molecule has 40 heavy (non-hydrogen) atoms. The Hall–Kier alpha value is -4.33. The molecular weight excluding hydrogens is 507 g/mol. The average molecular weight is 539 g/mol. The first kappa shape index (κ1) is 27.2. The molecule has 0 spiro atoms. The molecule has 7 heteroatoms. The van der Waals surface area contributed by atoms with Gasteiger partial charge in [-0.15, -0.1) is 0 Å². The number of halogens is 1. The summed E-state index contributed by atoms with van der Waals surface area (Å²) in [4.78, 5) is 28.4. The molecule has 0 saturated carbocycles. The number of fused-ring (bicyclic) bond motifs is 1. The maximum absolute atomic E-state index is 13.3. The van der Waals surface area contributed by atoms with Crippen molar-refractivity contribution in [3.63, 3.8) is 0 Å². The van der Waals surface area contributed by atoms with Gasteiger partial charge < -0.3 is 14.8 Å². The summed E-state index contributed by atoms with van der Waals surface area (Å²) in [5.41, 5.74) is 4.22. The van der Waals surface area contributed by atoms with Crippen molar-refractivity contribution in [2.75, 3.05) is 13.2 Å². The normalized spacial score (nSPS) is 13.4. The number of hydrogen-bond donors (Lipinski definition) is 1. The maximum Gasteiger partial charge on any atom is 0.234 e. The van der Waals surface area contributed by atoms with E-state index in [0.29, 0.717) is 31.2 Å². The predicted octanol–water partition coefficient (Wildman–Crippen LogP) is 5.45. The summed E-state index contributed by atoms with van der Waals surface area (Å²) in [5, 5.41) is 2.92. The van der Waals surface area contributed by atoms with Crippen LogP contribution in [0.15, 0.2) is 103 Å². The number of Topliss-reactive ketones (excluding diaryl/α,β-unsaturated/α-hetero) is 1. The predicted molar refractivity (Wildman–Crippen MR) is 150 cm³/mol. The van der Waals surface area contributed by atoms with Gasteiger partial charge in [-0.05, 0) is 58.7 Å². The molecule has 0 aliphatic carbocycles. The zero-order chi connectivity index (χ0) is 27.7. The highest BCUT2D eigenvalue weighted by molar-refractivity contribution is 5.91. The van der Waals surface area contributed by atoms with E-state index in [9.17, 15) is 14.0 Å². The van der Waals surface area contributed by atoms with Crippen molar-refractivity contribution in [1.82, 2.24) is 10.2 Å². The number of amides is 1. The van der Waals surface area contributed by atoms with Crippen LogP contribution in [0, 0.1) is 5.82 Å². The Kier molecular flexibility index (Phi) is 8.96. The van der Waals surface area contributed by atoms with Gasteiger partial charge >= 0.3 is 0 Å². The van der Waals surface area contributed by atoms with Crippen LogP contribution in [0.1, 0.15) is 22.3 Å². The third-order valence-electron chi connectivity index (χ3n) is 6.74. The van der Waals surface area contributed by atoms with E-state index in [4.69, 9.17) is 9.47 Å². The largest absolute Gasteiger partial charge is 0.457 e. The minimum absolute atomic E-state index is 0.0749. The molecule has 4 aromatic rings. The number of ether oxygens (including phenoxy) is 2. The summed E-state index contributed by atoms with van der Waals surface area (Å²) < 4.78 is 24.7. The third kappa shape index (κ3) is 7.62. The molecule has 1 aliphatic rings. The smallest absolute Gasteiger partial charge is 0.234 e. The molecule has 5 rings (SSSR count). The van der Waals surface area contributed by atoms with Gasteiger partial charge in [0.15, 0.2) is 5.78 Å². The molecule has 0 saturated heterocycles. The molecule has 4 aromatic carbocycles. The third-order valence-corrected chi connectivity index (χ3v) is 6.74. The monoisotopic (exact) mass is 538 g/mol. The molecule has 0 bridgehead atoms. The van der Waals surface area contributed by atoms with Gasteiger partial charge in [-0.3, -0.25) is 14.5 Å². The summed E-state index contributed by atoms with van der Waals surface area (Å²) in [7, 11) is 0. The van der Waals surface area contributed by atoms with Gasteiger partial charge in [-0.25, -0.2) is 4.39 Å². The van der Waals surface area contributed by atoms with Gasteiger partial charge in [-0.1, -0.05) is 66.7 Å². The lowest BCUT2D eigenvalue weighted by Crippen LogP contribution is -2.47. The van der Waals surface area contributed by atoms with Crippen LogP contribution < -0.4 is 10.1 Å². The van der Waals surface area contributed by atoms with Crippen molar-refractivity contribution in [2.24, 2.45) is 0 Å². The quantitative estimate of drug-likeness (QED) is 0.260. The summed E-state index contributed by atoms with van der Waals surface area (Å²) in [6.45, 7) is 2.04. The second-order valence-electron chi connectivity index (χ2n) is 9.88. The Balaban J connectivity index is 1.19. The molecule has 0 fully saturated rings. The van der Waals surface area contributed by atoms with E-state index in [-0.39, 0.29) is 37.1 Å². The molecule has 1 atom stereocenters. The minimum atomic E-state index is -0.781. The van der Waals surface area contributed by atoms with E-state index in [1.165, 1.54) is 23.3 Å². The van der Waals surface area contributed by atoms with Crippen molar-refractivity contribution >= 4 is 11.7 Å². The molecule has 0 radical (unpaired) electrons. The lowest BCUT2D eigenvalue weighted by molar-refractivity contribution is -0.129. The first-order valence-corrected chi connectivity index (χ1v) is 13.3. The summed E-state index contributed by atoms with van der Waals surface area (Å²) >= 11 is 0. The van der Waals surface area contributed by atoms with E-state index < -0.39 is 6.04 Å². The minimum Gasteiger partial charge on any atom is -0.457 e. The molecule has 1 heterocycles. The molecule has 1 aliphatic heterocycles. The Morgan fingerprint density at radius 2 is 1.38 bits per heavy atom. The molecule has 6 nitrogen and oxygen atoms in total. The number of nitrogens with one attached hydrogen (secondary N) is 1. The second kappa shape index (κ2) is 13.2. The van der Waals surface area contributed by atoms with E-state index >= 15 is 0 Å². The van der Waals surface area contributed by atoms with E-state index in [2.05, 4.69) is 22.3 Å². The Morgan fingerprint density at radius 3 is 2.02 bits per heavy atom. The first-order chi connectivity index (χ1) is 19.5. The number of rotatable bonds is 12. The number of carbonyl (C=O) groups excluding carboxylic acids is 2. The van der Waals surface area contributed by atoms with Crippen LogP contribution in [-0.2, 0) is 40.4 Å². The molecule has 204 valence electrons. The highest BCUT2D eigenvalue weighted by Gasteiger charge is 2.25. The fourth-order valence-electron chi connectivity index (χ4n) is 4.68. The number of ketones is 1. The standard InChI is InChI=1S/C33H31FN2O4/c34-28-12-16-30(17-13-28)40-29-14-10-24(11-15-29)18-32(37)31(23-39-22-25-6-2-1-3-7-25)35-33(38)21-36-19-26-8-4-5-9-27(26)20-36/h1-17,31H,18-23H2,(H,35,38)/t31-/m0/s1. The molecule has 0 unspecified atom stereocenters.